The minimum atomic E-state index is -0.979. The first-order chi connectivity index (χ1) is 16.8. The van der Waals surface area contributed by atoms with Crippen LogP contribution in [0.15, 0.2) is 35.5 Å². The number of esters is 2. The van der Waals surface area contributed by atoms with Crippen molar-refractivity contribution in [3.05, 3.63) is 41.6 Å². The molecule has 0 saturated carbocycles. The molecule has 184 valence electrons. The number of nitrogen functional groups attached to an aromatic ring is 2. The summed E-state index contributed by atoms with van der Waals surface area (Å²) in [6.07, 6.45) is 3.32. The predicted molar refractivity (Wildman–Crippen MR) is 130 cm³/mol. The highest BCUT2D eigenvalue weighted by molar-refractivity contribution is 6.03. The maximum absolute atomic E-state index is 12.7. The Bertz CT molecular complexity index is 1240. The van der Waals surface area contributed by atoms with Gasteiger partial charge in [-0.2, -0.15) is 9.97 Å². The van der Waals surface area contributed by atoms with E-state index in [4.69, 9.17) is 20.9 Å². The largest absolute Gasteiger partial charge is 0.466 e. The van der Waals surface area contributed by atoms with Crippen LogP contribution >= 0.6 is 0 Å². The number of rotatable bonds is 10. The summed E-state index contributed by atoms with van der Waals surface area (Å²) < 4.78 is 9.89. The van der Waals surface area contributed by atoms with E-state index >= 15 is 0 Å². The van der Waals surface area contributed by atoms with Gasteiger partial charge in [-0.15, -0.1) is 0 Å². The zero-order valence-corrected chi connectivity index (χ0v) is 19.4. The van der Waals surface area contributed by atoms with E-state index in [9.17, 15) is 14.4 Å². The van der Waals surface area contributed by atoms with E-state index in [1.165, 1.54) is 0 Å². The highest BCUT2D eigenvalue weighted by Crippen LogP contribution is 2.22. The van der Waals surface area contributed by atoms with Crippen molar-refractivity contribution in [3.8, 4) is 0 Å². The van der Waals surface area contributed by atoms with E-state index in [-0.39, 0.29) is 37.8 Å². The van der Waals surface area contributed by atoms with Gasteiger partial charge >= 0.3 is 11.9 Å². The molecule has 1 amide bonds. The summed E-state index contributed by atoms with van der Waals surface area (Å²) in [6, 6.07) is 5.46. The predicted octanol–water partition coefficient (Wildman–Crippen LogP) is 1.88. The number of benzene rings is 1. The molecular formula is C23H27N7O5. The molecule has 0 aliphatic carbocycles. The van der Waals surface area contributed by atoms with E-state index in [0.717, 1.165) is 0 Å². The number of ether oxygens (including phenoxy) is 2. The molecule has 0 unspecified atom stereocenters. The zero-order chi connectivity index (χ0) is 25.4. The Morgan fingerprint density at radius 2 is 1.83 bits per heavy atom. The molecule has 0 bridgehead atoms. The van der Waals surface area contributed by atoms with Crippen LogP contribution in [0.3, 0.4) is 0 Å². The summed E-state index contributed by atoms with van der Waals surface area (Å²) >= 11 is 0. The molecule has 3 rings (SSSR count). The second kappa shape index (κ2) is 11.6. The van der Waals surface area contributed by atoms with Crippen molar-refractivity contribution in [1.82, 2.24) is 20.3 Å². The number of fused-ring (bicyclic) bond motifs is 1. The van der Waals surface area contributed by atoms with E-state index < -0.39 is 23.9 Å². The van der Waals surface area contributed by atoms with Crippen LogP contribution in [0.4, 0.5) is 17.5 Å². The lowest BCUT2D eigenvalue weighted by Gasteiger charge is -2.17. The molecule has 3 aromatic rings. The number of aliphatic imine (C=N–C) groups is 1. The Hall–Kier alpha value is -4.48. The topological polar surface area (TPSA) is 188 Å². The molecule has 1 atom stereocenters. The third-order valence-electron chi connectivity index (χ3n) is 4.91. The second-order valence-electron chi connectivity index (χ2n) is 7.36. The van der Waals surface area contributed by atoms with Crippen LogP contribution < -0.4 is 16.8 Å². The molecule has 0 radical (unpaired) electrons. The van der Waals surface area contributed by atoms with Gasteiger partial charge in [0.25, 0.3) is 5.91 Å². The van der Waals surface area contributed by atoms with Gasteiger partial charge in [0.05, 0.1) is 24.3 Å². The highest BCUT2D eigenvalue weighted by atomic mass is 16.5. The molecule has 1 aromatic carbocycles. The zero-order valence-electron chi connectivity index (χ0n) is 19.4. The number of amides is 1. The molecule has 2 aromatic heterocycles. The van der Waals surface area contributed by atoms with Crippen molar-refractivity contribution < 1.29 is 23.9 Å². The number of aromatic amines is 1. The first-order valence-electron chi connectivity index (χ1n) is 11.0. The Kier molecular flexibility index (Phi) is 8.33. The fourth-order valence-electron chi connectivity index (χ4n) is 3.28. The Morgan fingerprint density at radius 3 is 2.51 bits per heavy atom. The van der Waals surface area contributed by atoms with Crippen molar-refractivity contribution in [2.75, 3.05) is 24.7 Å². The Morgan fingerprint density at radius 1 is 1.11 bits per heavy atom. The van der Waals surface area contributed by atoms with Gasteiger partial charge in [-0.1, -0.05) is 0 Å². The molecule has 6 N–H and O–H groups in total. The number of hydrogen-bond acceptors (Lipinski definition) is 10. The van der Waals surface area contributed by atoms with Crippen LogP contribution in [0.25, 0.3) is 11.0 Å². The SMILES string of the molecule is CCOC(=O)CC[C@H](NC(=O)c1ccc(N=Cc2c[nH]c3nc(N)nc(N)c23)cc1)C(=O)OCC. The summed E-state index contributed by atoms with van der Waals surface area (Å²) in [5.41, 5.74) is 13.6. The molecular weight excluding hydrogens is 454 g/mol. The monoisotopic (exact) mass is 481 g/mol. The minimum Gasteiger partial charge on any atom is -0.466 e. The third-order valence-corrected chi connectivity index (χ3v) is 4.91. The van der Waals surface area contributed by atoms with Crippen molar-refractivity contribution in [3.63, 3.8) is 0 Å². The standard InChI is InChI=1S/C23H27N7O5/c1-3-34-17(31)10-9-16(22(33)35-4-2)28-21(32)13-5-7-15(8-6-13)26-11-14-12-27-20-18(14)19(24)29-23(25)30-20/h5-8,11-12,16H,3-4,9-10H2,1-2H3,(H,28,32)(H5,24,25,27,29,30)/t16-/m0/s1. The smallest absolute Gasteiger partial charge is 0.328 e. The normalized spacial score (nSPS) is 11.9. The number of aromatic nitrogens is 3. The molecule has 12 heteroatoms. The summed E-state index contributed by atoms with van der Waals surface area (Å²) in [5.74, 6) is -1.25. The Balaban J connectivity index is 1.68. The maximum Gasteiger partial charge on any atom is 0.328 e. The van der Waals surface area contributed by atoms with Crippen molar-refractivity contribution in [2.45, 2.75) is 32.7 Å². The van der Waals surface area contributed by atoms with Gasteiger partial charge in [0.1, 0.15) is 17.5 Å². The molecule has 35 heavy (non-hydrogen) atoms. The number of anilines is 2. The first-order valence-corrected chi connectivity index (χ1v) is 11.0. The minimum absolute atomic E-state index is 0.0266. The number of nitrogens with zero attached hydrogens (tertiary/aromatic N) is 3. The van der Waals surface area contributed by atoms with Crippen molar-refractivity contribution in [2.24, 2.45) is 4.99 Å². The summed E-state index contributed by atoms with van der Waals surface area (Å²) in [7, 11) is 0. The molecule has 0 aliphatic heterocycles. The van der Waals surface area contributed by atoms with Crippen LogP contribution in [0, 0.1) is 0 Å². The van der Waals surface area contributed by atoms with Crippen LogP contribution in [0.5, 0.6) is 0 Å². The van der Waals surface area contributed by atoms with Crippen LogP contribution in [-0.4, -0.2) is 58.3 Å². The molecule has 0 fully saturated rings. The lowest BCUT2D eigenvalue weighted by Crippen LogP contribution is -2.42. The number of nitrogens with one attached hydrogen (secondary N) is 2. The number of carbonyl (C=O) groups excluding carboxylic acids is 3. The summed E-state index contributed by atoms with van der Waals surface area (Å²) in [5, 5.41) is 3.22. The summed E-state index contributed by atoms with van der Waals surface area (Å²) in [4.78, 5) is 52.0. The average Bonchev–Trinajstić information content (AvgIpc) is 3.24. The van der Waals surface area contributed by atoms with Crippen LogP contribution in [0.2, 0.25) is 0 Å². The lowest BCUT2D eigenvalue weighted by molar-refractivity contribution is -0.146. The van der Waals surface area contributed by atoms with Gasteiger partial charge in [0.15, 0.2) is 0 Å². The fraction of sp³-hybridized carbons (Fsp3) is 0.304. The van der Waals surface area contributed by atoms with Gasteiger partial charge in [-0.3, -0.25) is 14.6 Å². The maximum atomic E-state index is 12.7. The van der Waals surface area contributed by atoms with Crippen molar-refractivity contribution >= 4 is 52.5 Å². The molecule has 2 heterocycles. The van der Waals surface area contributed by atoms with Gasteiger partial charge in [-0.05, 0) is 44.5 Å². The average molecular weight is 482 g/mol. The van der Waals surface area contributed by atoms with Crippen LogP contribution in [-0.2, 0) is 19.1 Å². The van der Waals surface area contributed by atoms with E-state index in [1.807, 2.05) is 0 Å². The van der Waals surface area contributed by atoms with E-state index in [2.05, 4.69) is 25.3 Å². The number of H-pyrrole nitrogens is 1. The van der Waals surface area contributed by atoms with Gasteiger partial charge in [0, 0.05) is 30.0 Å². The van der Waals surface area contributed by atoms with Crippen molar-refractivity contribution in [1.29, 1.82) is 0 Å². The number of nitrogens with two attached hydrogens (primary N) is 2. The lowest BCUT2D eigenvalue weighted by atomic mass is 10.1. The van der Waals surface area contributed by atoms with Gasteiger partial charge in [-0.25, -0.2) is 4.79 Å². The van der Waals surface area contributed by atoms with Crippen LogP contribution in [0.1, 0.15) is 42.6 Å². The highest BCUT2D eigenvalue weighted by Gasteiger charge is 2.24. The summed E-state index contributed by atoms with van der Waals surface area (Å²) in [6.45, 7) is 3.74. The van der Waals surface area contributed by atoms with Gasteiger partial charge < -0.3 is 31.2 Å². The second-order valence-corrected chi connectivity index (χ2v) is 7.36. The molecule has 0 aliphatic rings. The molecule has 0 spiro atoms. The Labute approximate surface area is 201 Å². The van der Waals surface area contributed by atoms with Gasteiger partial charge in [0.2, 0.25) is 5.95 Å². The third kappa shape index (κ3) is 6.53. The van der Waals surface area contributed by atoms with E-state index in [0.29, 0.717) is 27.8 Å². The van der Waals surface area contributed by atoms with E-state index in [1.54, 1.807) is 50.5 Å². The fourth-order valence-corrected chi connectivity index (χ4v) is 3.28. The number of hydrogen-bond donors (Lipinski definition) is 4. The number of carbonyl (C=O) groups is 3. The first kappa shape index (κ1) is 25.1. The quantitative estimate of drug-likeness (QED) is 0.247. The molecule has 12 nitrogen and oxygen atoms in total. The molecule has 0 saturated heterocycles.